The van der Waals surface area contributed by atoms with Crippen molar-refractivity contribution < 1.29 is 4.74 Å². The van der Waals surface area contributed by atoms with Crippen LogP contribution in [0, 0.1) is 6.42 Å². The Labute approximate surface area is 118 Å². The molecule has 0 aliphatic carbocycles. The molecular weight excluding hydrogens is 244 g/mol. The van der Waals surface area contributed by atoms with E-state index in [1.165, 1.54) is 11.1 Å². The number of fused-ring (bicyclic) bond motifs is 2. The van der Waals surface area contributed by atoms with Crippen LogP contribution in [0.2, 0.25) is 0 Å². The van der Waals surface area contributed by atoms with Crippen LogP contribution in [0.1, 0.15) is 11.1 Å². The smallest absolute Gasteiger partial charge is 0.131 e. The van der Waals surface area contributed by atoms with E-state index in [1.807, 2.05) is 36.4 Å². The minimum Gasteiger partial charge on any atom is -0.457 e. The first-order chi connectivity index (χ1) is 9.92. The number of rotatable bonds is 1. The number of para-hydroxylation sites is 1. The van der Waals surface area contributed by atoms with Gasteiger partial charge in [0.15, 0.2) is 0 Å². The Morgan fingerprint density at radius 1 is 0.600 bits per heavy atom. The molecule has 0 atom stereocenters. The molecule has 95 valence electrons. The summed E-state index contributed by atoms with van der Waals surface area (Å²) in [7, 11) is 0. The fraction of sp³-hybridized carbons (Fsp3) is 0. The third-order valence-corrected chi connectivity index (χ3v) is 3.59. The Morgan fingerprint density at radius 3 is 2.25 bits per heavy atom. The first kappa shape index (κ1) is 11.3. The van der Waals surface area contributed by atoms with Gasteiger partial charge < -0.3 is 4.74 Å². The summed E-state index contributed by atoms with van der Waals surface area (Å²) in [5, 5.41) is 0. The first-order valence-corrected chi connectivity index (χ1v) is 6.72. The summed E-state index contributed by atoms with van der Waals surface area (Å²) >= 11 is 0. The van der Waals surface area contributed by atoms with Crippen molar-refractivity contribution in [1.29, 1.82) is 0 Å². The molecule has 3 aromatic rings. The molecule has 1 radical (unpaired) electrons. The summed E-state index contributed by atoms with van der Waals surface area (Å²) in [6, 6.07) is 24.7. The lowest BCUT2D eigenvalue weighted by Crippen LogP contribution is -2.02. The Balaban J connectivity index is 1.87. The molecule has 0 N–H and O–H groups in total. The SMILES string of the molecule is [CH]1c2ccccc2Oc2cccc(-c3ccccc3)c21. The zero-order valence-electron chi connectivity index (χ0n) is 10.9. The van der Waals surface area contributed by atoms with Crippen LogP contribution in [-0.2, 0) is 0 Å². The Kier molecular flexibility index (Phi) is 2.56. The van der Waals surface area contributed by atoms with Crippen molar-refractivity contribution in [3.05, 3.63) is 90.3 Å². The lowest BCUT2D eigenvalue weighted by Gasteiger charge is -2.22. The van der Waals surface area contributed by atoms with E-state index in [4.69, 9.17) is 4.74 Å². The summed E-state index contributed by atoms with van der Waals surface area (Å²) in [5.74, 6) is 1.84. The normalized spacial score (nSPS) is 12.2. The van der Waals surface area contributed by atoms with Crippen LogP contribution >= 0.6 is 0 Å². The minimum absolute atomic E-state index is 0.921. The molecule has 0 fully saturated rings. The van der Waals surface area contributed by atoms with Gasteiger partial charge in [0.25, 0.3) is 0 Å². The largest absolute Gasteiger partial charge is 0.457 e. The number of hydrogen-bond acceptors (Lipinski definition) is 1. The molecule has 4 rings (SSSR count). The van der Waals surface area contributed by atoms with Crippen molar-refractivity contribution in [2.75, 3.05) is 0 Å². The van der Waals surface area contributed by atoms with Crippen LogP contribution < -0.4 is 4.74 Å². The van der Waals surface area contributed by atoms with E-state index in [9.17, 15) is 0 Å². The summed E-state index contributed by atoms with van der Waals surface area (Å²) in [5.41, 5.74) is 4.70. The summed E-state index contributed by atoms with van der Waals surface area (Å²) in [6.07, 6.45) is 2.20. The van der Waals surface area contributed by atoms with E-state index in [0.29, 0.717) is 0 Å². The van der Waals surface area contributed by atoms with Gasteiger partial charge in [-0.05, 0) is 23.3 Å². The van der Waals surface area contributed by atoms with Crippen molar-refractivity contribution in [1.82, 2.24) is 0 Å². The van der Waals surface area contributed by atoms with E-state index >= 15 is 0 Å². The molecule has 0 unspecified atom stereocenters. The van der Waals surface area contributed by atoms with Crippen molar-refractivity contribution in [2.45, 2.75) is 0 Å². The average Bonchev–Trinajstić information content (AvgIpc) is 2.53. The number of benzene rings is 3. The molecule has 1 aliphatic heterocycles. The molecule has 0 saturated carbocycles. The average molecular weight is 257 g/mol. The molecule has 20 heavy (non-hydrogen) atoms. The standard InChI is InChI=1S/C19H13O/c1-2-7-14(8-3-1)16-10-6-12-19-17(16)13-15-9-4-5-11-18(15)20-19/h1-13H. The zero-order chi connectivity index (χ0) is 13.4. The van der Waals surface area contributed by atoms with Crippen molar-refractivity contribution in [3.8, 4) is 22.6 Å². The lowest BCUT2D eigenvalue weighted by atomic mass is 9.92. The molecule has 3 aromatic carbocycles. The third-order valence-electron chi connectivity index (χ3n) is 3.59. The highest BCUT2D eigenvalue weighted by atomic mass is 16.5. The van der Waals surface area contributed by atoms with Gasteiger partial charge in [0.1, 0.15) is 11.5 Å². The topological polar surface area (TPSA) is 9.23 Å². The van der Waals surface area contributed by atoms with Crippen molar-refractivity contribution in [3.63, 3.8) is 0 Å². The lowest BCUT2D eigenvalue weighted by molar-refractivity contribution is 0.469. The summed E-state index contributed by atoms with van der Waals surface area (Å²) < 4.78 is 6.01. The van der Waals surface area contributed by atoms with Crippen LogP contribution in [0.5, 0.6) is 11.5 Å². The fourth-order valence-corrected chi connectivity index (χ4v) is 2.62. The number of ether oxygens (including phenoxy) is 1. The van der Waals surface area contributed by atoms with Gasteiger partial charge in [0.05, 0.1) is 0 Å². The monoisotopic (exact) mass is 257 g/mol. The molecule has 1 heteroatoms. The third kappa shape index (κ3) is 1.79. The van der Waals surface area contributed by atoms with Gasteiger partial charge in [-0.3, -0.25) is 0 Å². The van der Waals surface area contributed by atoms with Crippen molar-refractivity contribution >= 4 is 0 Å². The van der Waals surface area contributed by atoms with E-state index in [-0.39, 0.29) is 0 Å². The molecular formula is C19H13O. The van der Waals surface area contributed by atoms with E-state index in [1.54, 1.807) is 0 Å². The van der Waals surface area contributed by atoms with Gasteiger partial charge in [-0.15, -0.1) is 0 Å². The Bertz CT molecular complexity index is 760. The van der Waals surface area contributed by atoms with Crippen LogP contribution in [0.25, 0.3) is 11.1 Å². The van der Waals surface area contributed by atoms with Gasteiger partial charge in [0, 0.05) is 17.5 Å². The van der Waals surface area contributed by atoms with E-state index in [2.05, 4.69) is 42.8 Å². The van der Waals surface area contributed by atoms with Crippen LogP contribution in [0.4, 0.5) is 0 Å². The number of hydrogen-bond donors (Lipinski definition) is 0. The van der Waals surface area contributed by atoms with Gasteiger partial charge in [-0.2, -0.15) is 0 Å². The molecule has 1 nitrogen and oxygen atoms in total. The van der Waals surface area contributed by atoms with Crippen LogP contribution in [0.3, 0.4) is 0 Å². The Hall–Kier alpha value is -2.54. The molecule has 0 amide bonds. The van der Waals surface area contributed by atoms with Crippen molar-refractivity contribution in [2.24, 2.45) is 0 Å². The predicted octanol–water partition coefficient (Wildman–Crippen LogP) is 5.06. The van der Waals surface area contributed by atoms with Gasteiger partial charge >= 0.3 is 0 Å². The second-order valence-corrected chi connectivity index (χ2v) is 4.87. The van der Waals surface area contributed by atoms with Crippen LogP contribution in [0.15, 0.2) is 72.8 Å². The molecule has 1 heterocycles. The minimum atomic E-state index is 0.921. The maximum Gasteiger partial charge on any atom is 0.131 e. The quantitative estimate of drug-likeness (QED) is 0.463. The first-order valence-electron chi connectivity index (χ1n) is 6.72. The predicted molar refractivity (Wildman–Crippen MR) is 80.9 cm³/mol. The Morgan fingerprint density at radius 2 is 1.35 bits per heavy atom. The van der Waals surface area contributed by atoms with Crippen LogP contribution in [-0.4, -0.2) is 0 Å². The molecule has 0 aromatic heterocycles. The van der Waals surface area contributed by atoms with E-state index in [0.717, 1.165) is 22.6 Å². The second kappa shape index (κ2) is 4.53. The molecule has 0 spiro atoms. The highest BCUT2D eigenvalue weighted by Gasteiger charge is 2.19. The van der Waals surface area contributed by atoms with E-state index < -0.39 is 0 Å². The molecule has 0 bridgehead atoms. The molecule has 1 aliphatic rings. The fourth-order valence-electron chi connectivity index (χ4n) is 2.62. The summed E-state index contributed by atoms with van der Waals surface area (Å²) in [6.45, 7) is 0. The highest BCUT2D eigenvalue weighted by molar-refractivity contribution is 5.75. The highest BCUT2D eigenvalue weighted by Crippen LogP contribution is 2.41. The maximum absolute atomic E-state index is 6.01. The maximum atomic E-state index is 6.01. The van der Waals surface area contributed by atoms with Gasteiger partial charge in [-0.1, -0.05) is 60.7 Å². The van der Waals surface area contributed by atoms with Gasteiger partial charge in [0.2, 0.25) is 0 Å². The zero-order valence-corrected chi connectivity index (χ0v) is 10.9. The molecule has 0 saturated heterocycles. The van der Waals surface area contributed by atoms with Gasteiger partial charge in [-0.25, -0.2) is 0 Å². The second-order valence-electron chi connectivity index (χ2n) is 4.87. The summed E-state index contributed by atoms with van der Waals surface area (Å²) in [4.78, 5) is 0.